The average molecular weight is 359 g/mol. The Morgan fingerprint density at radius 3 is 2.80 bits per heavy atom. The van der Waals surface area contributed by atoms with Crippen molar-refractivity contribution in [2.75, 3.05) is 13.7 Å². The van der Waals surface area contributed by atoms with Crippen molar-refractivity contribution in [1.29, 1.82) is 5.26 Å². The summed E-state index contributed by atoms with van der Waals surface area (Å²) < 4.78 is 10.4. The number of benzene rings is 1. The Bertz CT molecular complexity index is 984. The number of carboxylic acids is 1. The first-order valence-corrected chi connectivity index (χ1v) is 7.33. The predicted octanol–water partition coefficient (Wildman–Crippen LogP) is 1.95. The fourth-order valence-electron chi connectivity index (χ4n) is 1.97. The number of aromatic amines is 2. The number of nitrogens with one attached hydrogen (secondary N) is 2. The maximum Gasteiger partial charge on any atom is 0.341 e. The lowest BCUT2D eigenvalue weighted by molar-refractivity contribution is -0.139. The van der Waals surface area contributed by atoms with Crippen molar-refractivity contribution in [3.05, 3.63) is 50.1 Å². The molecule has 1 aromatic heterocycles. The molecule has 0 aliphatic rings. The van der Waals surface area contributed by atoms with Crippen LogP contribution in [0.2, 0.25) is 0 Å². The largest absolute Gasteiger partial charge is 0.497 e. The lowest BCUT2D eigenvalue weighted by Gasteiger charge is -2.09. The van der Waals surface area contributed by atoms with Crippen LogP contribution in [0, 0.1) is 16.1 Å². The summed E-state index contributed by atoms with van der Waals surface area (Å²) in [7, 11) is 1.49. The van der Waals surface area contributed by atoms with Gasteiger partial charge in [0.2, 0.25) is 0 Å². The normalized spacial score (nSPS) is 10.4. The quantitative estimate of drug-likeness (QED) is 0.672. The highest BCUT2D eigenvalue weighted by atomic mass is 32.1. The third kappa shape index (κ3) is 4.55. The molecule has 2 aromatic rings. The number of ether oxygens (including phenoxy) is 2. The zero-order valence-electron chi connectivity index (χ0n) is 13.0. The van der Waals surface area contributed by atoms with E-state index in [-0.39, 0.29) is 16.0 Å². The average Bonchev–Trinajstić information content (AvgIpc) is 2.57. The highest BCUT2D eigenvalue weighted by Crippen LogP contribution is 2.26. The monoisotopic (exact) mass is 359 g/mol. The maximum atomic E-state index is 11.7. The van der Waals surface area contributed by atoms with Crippen LogP contribution in [0.1, 0.15) is 16.8 Å². The molecule has 1 aromatic carbocycles. The zero-order valence-corrected chi connectivity index (χ0v) is 13.8. The minimum Gasteiger partial charge on any atom is -0.497 e. The van der Waals surface area contributed by atoms with E-state index in [4.69, 9.17) is 32.1 Å². The number of H-pyrrole nitrogens is 2. The second-order valence-electron chi connectivity index (χ2n) is 4.73. The summed E-state index contributed by atoms with van der Waals surface area (Å²) in [5, 5.41) is 17.8. The van der Waals surface area contributed by atoms with E-state index in [1.807, 2.05) is 0 Å². The molecule has 0 saturated carbocycles. The molecule has 8 nitrogen and oxygen atoms in total. The van der Waals surface area contributed by atoms with Crippen LogP contribution < -0.4 is 15.0 Å². The fraction of sp³-hybridized carbons (Fsp3) is 0.125. The Labute approximate surface area is 147 Å². The van der Waals surface area contributed by atoms with Crippen LogP contribution in [0.15, 0.2) is 23.0 Å². The molecule has 0 aliphatic carbocycles. The van der Waals surface area contributed by atoms with Crippen LogP contribution >= 0.6 is 12.2 Å². The van der Waals surface area contributed by atoms with Crippen molar-refractivity contribution in [3.63, 3.8) is 0 Å². The van der Waals surface area contributed by atoms with Gasteiger partial charge in [-0.25, -0.2) is 4.79 Å². The van der Waals surface area contributed by atoms with Crippen molar-refractivity contribution in [2.45, 2.75) is 0 Å². The van der Waals surface area contributed by atoms with Gasteiger partial charge in [-0.1, -0.05) is 0 Å². The van der Waals surface area contributed by atoms with Crippen LogP contribution in [0.3, 0.4) is 0 Å². The van der Waals surface area contributed by atoms with Crippen LogP contribution in [0.25, 0.3) is 12.2 Å². The number of nitriles is 1. The summed E-state index contributed by atoms with van der Waals surface area (Å²) in [5.74, 6) is -0.278. The Morgan fingerprint density at radius 2 is 2.16 bits per heavy atom. The second kappa shape index (κ2) is 7.94. The Balaban J connectivity index is 2.47. The van der Waals surface area contributed by atoms with E-state index in [0.29, 0.717) is 17.1 Å². The van der Waals surface area contributed by atoms with Gasteiger partial charge in [-0.2, -0.15) is 5.26 Å². The third-order valence-electron chi connectivity index (χ3n) is 3.08. The topological polar surface area (TPSA) is 128 Å². The van der Waals surface area contributed by atoms with Crippen molar-refractivity contribution in [2.24, 2.45) is 0 Å². The summed E-state index contributed by atoms with van der Waals surface area (Å²) in [6, 6.07) is 6.61. The predicted molar refractivity (Wildman–Crippen MR) is 92.0 cm³/mol. The molecule has 0 atom stereocenters. The van der Waals surface area contributed by atoms with Gasteiger partial charge in [-0.3, -0.25) is 9.78 Å². The number of hydrogen-bond acceptors (Lipinski definition) is 6. The van der Waals surface area contributed by atoms with Crippen molar-refractivity contribution in [3.8, 4) is 17.6 Å². The molecular weight excluding hydrogens is 346 g/mol. The Hall–Kier alpha value is -3.38. The Kier molecular flexibility index (Phi) is 5.71. The van der Waals surface area contributed by atoms with Crippen LogP contribution in [-0.2, 0) is 4.79 Å². The number of nitrogens with zero attached hydrogens (tertiary/aromatic N) is 1. The van der Waals surface area contributed by atoms with E-state index in [1.54, 1.807) is 30.3 Å². The summed E-state index contributed by atoms with van der Waals surface area (Å²) >= 11 is 4.90. The van der Waals surface area contributed by atoms with Gasteiger partial charge in [0, 0.05) is 5.56 Å². The number of aromatic nitrogens is 2. The molecule has 1 heterocycles. The molecule has 3 N–H and O–H groups in total. The molecule has 25 heavy (non-hydrogen) atoms. The van der Waals surface area contributed by atoms with E-state index in [2.05, 4.69) is 9.97 Å². The third-order valence-corrected chi connectivity index (χ3v) is 3.29. The van der Waals surface area contributed by atoms with Crippen molar-refractivity contribution < 1.29 is 19.4 Å². The van der Waals surface area contributed by atoms with Crippen LogP contribution in [0.4, 0.5) is 0 Å². The van der Waals surface area contributed by atoms with E-state index in [0.717, 1.165) is 0 Å². The molecule has 0 saturated heterocycles. The van der Waals surface area contributed by atoms with E-state index < -0.39 is 18.1 Å². The van der Waals surface area contributed by atoms with Gasteiger partial charge >= 0.3 is 5.97 Å². The lowest BCUT2D eigenvalue weighted by atomic mass is 10.1. The van der Waals surface area contributed by atoms with Crippen LogP contribution in [-0.4, -0.2) is 34.8 Å². The van der Waals surface area contributed by atoms with Crippen LogP contribution in [0.5, 0.6) is 11.5 Å². The van der Waals surface area contributed by atoms with Gasteiger partial charge < -0.3 is 19.6 Å². The number of rotatable bonds is 6. The molecule has 0 aliphatic heterocycles. The second-order valence-corrected chi connectivity index (χ2v) is 5.14. The molecule has 0 fully saturated rings. The molecule has 9 heteroatoms. The van der Waals surface area contributed by atoms with Gasteiger partial charge in [0.15, 0.2) is 11.4 Å². The summed E-state index contributed by atoms with van der Waals surface area (Å²) in [5.41, 5.74) is 0.00647. The highest BCUT2D eigenvalue weighted by molar-refractivity contribution is 7.71. The standard InChI is InChI=1S/C16H13N3O5S/c1-23-10-3-5-13(24-8-14(20)21)9(6-10)2-4-12-11(7-17)15(22)19-16(25)18-12/h2-6H,8H2,1H3,(H,20,21)(H2,18,19,22,25). The number of aliphatic carboxylic acids is 1. The number of carbonyl (C=O) groups is 1. The Morgan fingerprint density at radius 1 is 1.40 bits per heavy atom. The van der Waals surface area contributed by atoms with E-state index in [1.165, 1.54) is 13.2 Å². The van der Waals surface area contributed by atoms with Gasteiger partial charge in [0.1, 0.15) is 23.1 Å². The molecular formula is C16H13N3O5S. The van der Waals surface area contributed by atoms with Crippen molar-refractivity contribution in [1.82, 2.24) is 9.97 Å². The number of hydrogen-bond donors (Lipinski definition) is 3. The first-order valence-electron chi connectivity index (χ1n) is 6.92. The first kappa shape index (κ1) is 18.0. The molecule has 0 spiro atoms. The summed E-state index contributed by atoms with van der Waals surface area (Å²) in [6.45, 7) is -0.510. The molecule has 0 unspecified atom stereocenters. The molecule has 0 radical (unpaired) electrons. The van der Waals surface area contributed by atoms with Gasteiger partial charge in [0.05, 0.1) is 12.8 Å². The van der Waals surface area contributed by atoms with Crippen molar-refractivity contribution >= 4 is 30.3 Å². The zero-order chi connectivity index (χ0) is 18.4. The molecule has 2 rings (SSSR count). The molecule has 128 valence electrons. The number of carboxylic acid groups (broad SMARTS) is 1. The van der Waals surface area contributed by atoms with Gasteiger partial charge in [-0.05, 0) is 42.6 Å². The fourth-order valence-corrected chi connectivity index (χ4v) is 2.17. The smallest absolute Gasteiger partial charge is 0.341 e. The number of methoxy groups -OCH3 is 1. The minimum atomic E-state index is -1.11. The molecule has 0 bridgehead atoms. The molecule has 0 amide bonds. The van der Waals surface area contributed by atoms with Gasteiger partial charge in [0.25, 0.3) is 5.56 Å². The lowest BCUT2D eigenvalue weighted by Crippen LogP contribution is -2.13. The summed E-state index contributed by atoms with van der Waals surface area (Å²) in [4.78, 5) is 27.5. The SMILES string of the molecule is COc1ccc(OCC(=O)O)c(C=Cc2[nH]c(=S)[nH]c(=O)c2C#N)c1. The summed E-state index contributed by atoms with van der Waals surface area (Å²) in [6.07, 6.45) is 3.03. The van der Waals surface area contributed by atoms with Gasteiger partial charge in [-0.15, -0.1) is 0 Å². The van der Waals surface area contributed by atoms with E-state index >= 15 is 0 Å². The highest BCUT2D eigenvalue weighted by Gasteiger charge is 2.08. The maximum absolute atomic E-state index is 11.7. The van der Waals surface area contributed by atoms with E-state index in [9.17, 15) is 9.59 Å². The minimum absolute atomic E-state index is 0.0802. The first-order chi connectivity index (χ1) is 11.9.